The number of hydrogen-bond acceptors (Lipinski definition) is 7. The molecule has 0 spiro atoms. The molecule has 0 N–H and O–H groups in total. The van der Waals surface area contributed by atoms with Gasteiger partial charge in [-0.15, -0.1) is 0 Å². The molecule has 0 aromatic heterocycles. The van der Waals surface area contributed by atoms with Crippen LogP contribution in [0, 0.1) is 0 Å². The lowest BCUT2D eigenvalue weighted by Crippen LogP contribution is -2.62. The molecule has 5 atom stereocenters. The Morgan fingerprint density at radius 3 is 1.78 bits per heavy atom. The molecule has 7 heteroatoms. The molecule has 0 aromatic rings. The van der Waals surface area contributed by atoms with Crippen LogP contribution in [0.1, 0.15) is 0 Å². The number of esters is 1. The Labute approximate surface area is 106 Å². The molecule has 1 aliphatic rings. The van der Waals surface area contributed by atoms with Gasteiger partial charge in [-0.05, 0) is 0 Å². The van der Waals surface area contributed by atoms with Crippen molar-refractivity contribution in [2.75, 3.05) is 35.5 Å². The van der Waals surface area contributed by atoms with Crippen molar-refractivity contribution in [1.82, 2.24) is 0 Å². The predicted molar refractivity (Wildman–Crippen MR) is 60.1 cm³/mol. The van der Waals surface area contributed by atoms with Crippen LogP contribution in [-0.4, -0.2) is 72.2 Å². The molecule has 0 radical (unpaired) electrons. The summed E-state index contributed by atoms with van der Waals surface area (Å²) in [7, 11) is 7.23. The molecule has 1 aliphatic heterocycles. The summed E-state index contributed by atoms with van der Waals surface area (Å²) >= 11 is 0. The Kier molecular flexibility index (Phi) is 5.97. The zero-order valence-electron chi connectivity index (χ0n) is 11.2. The van der Waals surface area contributed by atoms with Crippen molar-refractivity contribution in [3.63, 3.8) is 0 Å². The smallest absolute Gasteiger partial charge is 0.337 e. The number of carbonyl (C=O) groups excluding carboxylic acids is 1. The van der Waals surface area contributed by atoms with E-state index in [-0.39, 0.29) is 0 Å². The summed E-state index contributed by atoms with van der Waals surface area (Å²) < 4.78 is 31.2. The first kappa shape index (κ1) is 15.3. The molecular weight excluding hydrogens is 244 g/mol. The zero-order valence-corrected chi connectivity index (χ0v) is 11.2. The molecule has 0 bridgehead atoms. The van der Waals surface area contributed by atoms with Crippen LogP contribution in [0.3, 0.4) is 0 Å². The fourth-order valence-corrected chi connectivity index (χ4v) is 2.08. The van der Waals surface area contributed by atoms with Gasteiger partial charge >= 0.3 is 5.97 Å². The molecule has 7 nitrogen and oxygen atoms in total. The van der Waals surface area contributed by atoms with Gasteiger partial charge in [-0.2, -0.15) is 0 Å². The van der Waals surface area contributed by atoms with E-state index in [4.69, 9.17) is 23.7 Å². The maximum Gasteiger partial charge on any atom is 0.337 e. The van der Waals surface area contributed by atoms with Crippen molar-refractivity contribution in [1.29, 1.82) is 0 Å². The van der Waals surface area contributed by atoms with Gasteiger partial charge in [0.2, 0.25) is 0 Å². The van der Waals surface area contributed by atoms with Crippen LogP contribution in [0.2, 0.25) is 0 Å². The SMILES string of the molecule is COC(=O)[C@H]1O[C@@H](OC)[C@H](OC)[C@@H](OC)[C@@H]1OC. The van der Waals surface area contributed by atoms with Crippen molar-refractivity contribution in [3.8, 4) is 0 Å². The van der Waals surface area contributed by atoms with Crippen LogP contribution in [0.25, 0.3) is 0 Å². The molecule has 0 aromatic carbocycles. The average molecular weight is 264 g/mol. The molecule has 1 saturated heterocycles. The number of ether oxygens (including phenoxy) is 6. The summed E-state index contributed by atoms with van der Waals surface area (Å²) in [6.45, 7) is 0. The first-order chi connectivity index (χ1) is 8.64. The number of carbonyl (C=O) groups is 1. The summed E-state index contributed by atoms with van der Waals surface area (Å²) in [4.78, 5) is 11.7. The van der Waals surface area contributed by atoms with E-state index in [0.717, 1.165) is 0 Å². The lowest BCUT2D eigenvalue weighted by atomic mass is 9.98. The molecule has 0 unspecified atom stereocenters. The number of hydrogen-bond donors (Lipinski definition) is 0. The Balaban J connectivity index is 2.97. The predicted octanol–water partition coefficient (Wildman–Crippen LogP) is -0.424. The second-order valence-corrected chi connectivity index (χ2v) is 3.78. The van der Waals surface area contributed by atoms with Crippen molar-refractivity contribution in [2.24, 2.45) is 0 Å². The zero-order chi connectivity index (χ0) is 13.7. The third-order valence-electron chi connectivity index (χ3n) is 2.98. The standard InChI is InChI=1S/C11H20O7/c1-13-6-7(14-2)9(15-3)11(17-5)18-8(6)10(12)16-4/h6-9,11H,1-5H3/t6-,7-,8-,9+,11+/m0/s1. The minimum Gasteiger partial charge on any atom is -0.467 e. The van der Waals surface area contributed by atoms with E-state index in [1.54, 1.807) is 0 Å². The van der Waals surface area contributed by atoms with Gasteiger partial charge in [0.25, 0.3) is 0 Å². The van der Waals surface area contributed by atoms with Crippen LogP contribution < -0.4 is 0 Å². The summed E-state index contributed by atoms with van der Waals surface area (Å²) in [6, 6.07) is 0. The molecule has 18 heavy (non-hydrogen) atoms. The van der Waals surface area contributed by atoms with Gasteiger partial charge in [-0.25, -0.2) is 4.79 Å². The first-order valence-corrected chi connectivity index (χ1v) is 5.49. The fraction of sp³-hybridized carbons (Fsp3) is 0.909. The van der Waals surface area contributed by atoms with Gasteiger partial charge in [0.05, 0.1) is 7.11 Å². The lowest BCUT2D eigenvalue weighted by molar-refractivity contribution is -0.299. The Morgan fingerprint density at radius 1 is 0.833 bits per heavy atom. The molecule has 0 amide bonds. The quantitative estimate of drug-likeness (QED) is 0.624. The highest BCUT2D eigenvalue weighted by Gasteiger charge is 2.50. The van der Waals surface area contributed by atoms with Gasteiger partial charge < -0.3 is 28.4 Å². The van der Waals surface area contributed by atoms with Crippen LogP contribution >= 0.6 is 0 Å². The second-order valence-electron chi connectivity index (χ2n) is 3.78. The van der Waals surface area contributed by atoms with E-state index in [0.29, 0.717) is 0 Å². The maximum absolute atomic E-state index is 11.7. The Hall–Kier alpha value is -0.730. The Morgan fingerprint density at radius 2 is 1.39 bits per heavy atom. The Bertz CT molecular complexity index is 270. The van der Waals surface area contributed by atoms with Gasteiger partial charge in [0, 0.05) is 28.4 Å². The first-order valence-electron chi connectivity index (χ1n) is 5.49. The van der Waals surface area contributed by atoms with Crippen LogP contribution in [-0.2, 0) is 33.2 Å². The normalized spacial score (nSPS) is 36.4. The van der Waals surface area contributed by atoms with E-state index >= 15 is 0 Å². The molecule has 1 heterocycles. The highest BCUT2D eigenvalue weighted by Crippen LogP contribution is 2.27. The summed E-state index contributed by atoms with van der Waals surface area (Å²) in [5, 5.41) is 0. The third kappa shape index (κ3) is 2.81. The topological polar surface area (TPSA) is 72.5 Å². The molecule has 0 aliphatic carbocycles. The molecular formula is C11H20O7. The van der Waals surface area contributed by atoms with Crippen molar-refractivity contribution in [2.45, 2.75) is 30.7 Å². The third-order valence-corrected chi connectivity index (χ3v) is 2.98. The molecule has 106 valence electrons. The summed E-state index contributed by atoms with van der Waals surface area (Å²) in [6.07, 6.45) is -3.26. The van der Waals surface area contributed by atoms with Gasteiger partial charge in [-0.1, -0.05) is 0 Å². The second kappa shape index (κ2) is 7.01. The van der Waals surface area contributed by atoms with Crippen molar-refractivity contribution < 1.29 is 33.2 Å². The van der Waals surface area contributed by atoms with Crippen molar-refractivity contribution >= 4 is 5.97 Å². The maximum atomic E-state index is 11.7. The van der Waals surface area contributed by atoms with Crippen LogP contribution in [0.4, 0.5) is 0 Å². The number of methoxy groups -OCH3 is 5. The number of rotatable bonds is 5. The van der Waals surface area contributed by atoms with E-state index in [1.807, 2.05) is 0 Å². The van der Waals surface area contributed by atoms with Crippen molar-refractivity contribution in [3.05, 3.63) is 0 Å². The van der Waals surface area contributed by atoms with E-state index < -0.39 is 36.7 Å². The van der Waals surface area contributed by atoms with Gasteiger partial charge in [-0.3, -0.25) is 0 Å². The lowest BCUT2D eigenvalue weighted by Gasteiger charge is -2.42. The monoisotopic (exact) mass is 264 g/mol. The van der Waals surface area contributed by atoms with E-state index in [2.05, 4.69) is 4.74 Å². The van der Waals surface area contributed by atoms with E-state index in [1.165, 1.54) is 35.5 Å². The minimum atomic E-state index is -0.915. The fourth-order valence-electron chi connectivity index (χ4n) is 2.08. The van der Waals surface area contributed by atoms with E-state index in [9.17, 15) is 4.79 Å². The summed E-state index contributed by atoms with van der Waals surface area (Å²) in [5.41, 5.74) is 0. The molecule has 1 fully saturated rings. The van der Waals surface area contributed by atoms with Gasteiger partial charge in [0.15, 0.2) is 12.4 Å². The molecule has 0 saturated carbocycles. The highest BCUT2D eigenvalue weighted by atomic mass is 16.7. The van der Waals surface area contributed by atoms with Crippen LogP contribution in [0.15, 0.2) is 0 Å². The summed E-state index contributed by atoms with van der Waals surface area (Å²) in [5.74, 6) is -0.541. The molecule has 1 rings (SSSR count). The van der Waals surface area contributed by atoms with Crippen LogP contribution in [0.5, 0.6) is 0 Å². The minimum absolute atomic E-state index is 0.495. The highest BCUT2D eigenvalue weighted by molar-refractivity contribution is 5.75. The average Bonchev–Trinajstić information content (AvgIpc) is 2.43. The largest absolute Gasteiger partial charge is 0.467 e. The van der Waals surface area contributed by atoms with Gasteiger partial charge in [0.1, 0.15) is 18.3 Å².